The van der Waals surface area contributed by atoms with Crippen LogP contribution in [-0.4, -0.2) is 4.98 Å². The molecule has 2 aromatic carbocycles. The number of rotatable bonds is 0. The highest BCUT2D eigenvalue weighted by Crippen LogP contribution is 2.42. The summed E-state index contributed by atoms with van der Waals surface area (Å²) in [4.78, 5) is 5.02. The molecule has 0 saturated heterocycles. The molecule has 1 heterocycles. The number of nitrogens with zero attached hydrogens (tertiary/aromatic N) is 1. The molecule has 2 aliphatic carbocycles. The molecule has 94 valence electrons. The Labute approximate surface area is 117 Å². The van der Waals surface area contributed by atoms with Crippen LogP contribution in [-0.2, 0) is 12.8 Å². The molecular formula is C19H13N. The molecule has 1 nitrogen and oxygen atoms in total. The normalized spacial score (nSPS) is 13.6. The largest absolute Gasteiger partial charge is 0.247 e. The molecule has 0 N–H and O–H groups in total. The fourth-order valence-corrected chi connectivity index (χ4v) is 3.56. The van der Waals surface area contributed by atoms with Crippen molar-refractivity contribution in [1.82, 2.24) is 4.98 Å². The second-order valence-corrected chi connectivity index (χ2v) is 5.67. The van der Waals surface area contributed by atoms with E-state index in [0.717, 1.165) is 12.8 Å². The second-order valence-electron chi connectivity index (χ2n) is 5.67. The van der Waals surface area contributed by atoms with Crippen LogP contribution in [0.25, 0.3) is 22.5 Å². The summed E-state index contributed by atoms with van der Waals surface area (Å²) in [5.74, 6) is 0. The Kier molecular flexibility index (Phi) is 1.86. The van der Waals surface area contributed by atoms with Gasteiger partial charge in [-0.1, -0.05) is 54.6 Å². The highest BCUT2D eigenvalue weighted by molar-refractivity contribution is 5.80. The molecule has 0 radical (unpaired) electrons. The van der Waals surface area contributed by atoms with Gasteiger partial charge in [0.2, 0.25) is 0 Å². The monoisotopic (exact) mass is 255 g/mol. The van der Waals surface area contributed by atoms with E-state index in [2.05, 4.69) is 54.6 Å². The molecule has 3 aromatic rings. The third kappa shape index (κ3) is 1.25. The van der Waals surface area contributed by atoms with Crippen molar-refractivity contribution in [2.75, 3.05) is 0 Å². The van der Waals surface area contributed by atoms with Crippen LogP contribution in [0.5, 0.6) is 0 Å². The number of benzene rings is 2. The molecule has 5 rings (SSSR count). The predicted octanol–water partition coefficient (Wildman–Crippen LogP) is 4.22. The lowest BCUT2D eigenvalue weighted by Crippen LogP contribution is -1.91. The van der Waals surface area contributed by atoms with Crippen molar-refractivity contribution < 1.29 is 0 Å². The minimum absolute atomic E-state index is 1.03. The van der Waals surface area contributed by atoms with E-state index < -0.39 is 0 Å². The first-order valence-electron chi connectivity index (χ1n) is 7.09. The molecule has 0 unspecified atom stereocenters. The maximum absolute atomic E-state index is 5.02. The van der Waals surface area contributed by atoms with E-state index >= 15 is 0 Å². The van der Waals surface area contributed by atoms with Crippen molar-refractivity contribution in [2.24, 2.45) is 0 Å². The van der Waals surface area contributed by atoms with Crippen LogP contribution in [0.15, 0.2) is 54.6 Å². The van der Waals surface area contributed by atoms with Gasteiger partial charge in [-0.2, -0.15) is 0 Å². The fraction of sp³-hybridized carbons (Fsp3) is 0.105. The first-order chi connectivity index (χ1) is 9.90. The molecule has 1 aromatic heterocycles. The first kappa shape index (κ1) is 10.4. The lowest BCUT2D eigenvalue weighted by Gasteiger charge is -2.05. The van der Waals surface area contributed by atoms with E-state index in [9.17, 15) is 0 Å². The Balaban J connectivity index is 1.79. The molecule has 0 fully saturated rings. The van der Waals surface area contributed by atoms with Gasteiger partial charge in [-0.05, 0) is 22.3 Å². The van der Waals surface area contributed by atoms with E-state index in [-0.39, 0.29) is 0 Å². The van der Waals surface area contributed by atoms with Gasteiger partial charge < -0.3 is 0 Å². The van der Waals surface area contributed by atoms with E-state index in [1.54, 1.807) is 0 Å². The second kappa shape index (κ2) is 3.57. The van der Waals surface area contributed by atoms with Crippen molar-refractivity contribution in [1.29, 1.82) is 0 Å². The zero-order valence-corrected chi connectivity index (χ0v) is 11.1. The van der Waals surface area contributed by atoms with Crippen molar-refractivity contribution in [3.8, 4) is 22.5 Å². The van der Waals surface area contributed by atoms with Gasteiger partial charge in [0.1, 0.15) is 0 Å². The Bertz CT molecular complexity index is 793. The summed E-state index contributed by atoms with van der Waals surface area (Å²) < 4.78 is 0. The summed E-state index contributed by atoms with van der Waals surface area (Å²) in [7, 11) is 0. The quantitative estimate of drug-likeness (QED) is 0.403. The zero-order valence-electron chi connectivity index (χ0n) is 11.1. The molecule has 0 atom stereocenters. The summed E-state index contributed by atoms with van der Waals surface area (Å²) in [5.41, 5.74) is 10.6. The highest BCUT2D eigenvalue weighted by atomic mass is 14.7. The standard InChI is InChI=1S/C19H13N/c1-3-7-16-12(5-1)9-14-11-15-10-13-6-2-4-8-17(13)19(15)20-18(14)16/h1-8,11H,9-10H2. The van der Waals surface area contributed by atoms with E-state index in [1.165, 1.54) is 44.8 Å². The smallest absolute Gasteiger partial charge is 0.0747 e. The lowest BCUT2D eigenvalue weighted by molar-refractivity contribution is 1.18. The molecule has 0 spiro atoms. The Morgan fingerprint density at radius 2 is 1.10 bits per heavy atom. The molecule has 0 saturated carbocycles. The SMILES string of the molecule is c1ccc2c(c1)Cc1cc3c(nc1-2)-c1ccccc1C3. The van der Waals surface area contributed by atoms with Crippen molar-refractivity contribution >= 4 is 0 Å². The fourth-order valence-electron chi connectivity index (χ4n) is 3.56. The summed E-state index contributed by atoms with van der Waals surface area (Å²) in [6, 6.07) is 19.7. The van der Waals surface area contributed by atoms with Crippen LogP contribution in [0.2, 0.25) is 0 Å². The summed E-state index contributed by atoms with van der Waals surface area (Å²) in [6.45, 7) is 0. The van der Waals surface area contributed by atoms with Crippen molar-refractivity contribution in [2.45, 2.75) is 12.8 Å². The van der Waals surface area contributed by atoms with Crippen LogP contribution >= 0.6 is 0 Å². The van der Waals surface area contributed by atoms with Crippen LogP contribution < -0.4 is 0 Å². The van der Waals surface area contributed by atoms with Crippen LogP contribution in [0, 0.1) is 0 Å². The third-order valence-electron chi connectivity index (χ3n) is 4.49. The predicted molar refractivity (Wildman–Crippen MR) is 80.7 cm³/mol. The molecule has 0 amide bonds. The van der Waals surface area contributed by atoms with Crippen molar-refractivity contribution in [3.05, 3.63) is 76.9 Å². The minimum atomic E-state index is 1.03. The van der Waals surface area contributed by atoms with Gasteiger partial charge in [0.15, 0.2) is 0 Å². The zero-order chi connectivity index (χ0) is 13.1. The number of fused-ring (bicyclic) bond motifs is 6. The Morgan fingerprint density at radius 3 is 1.65 bits per heavy atom. The molecule has 1 heteroatoms. The molecular weight excluding hydrogens is 242 g/mol. The maximum Gasteiger partial charge on any atom is 0.0747 e. The molecule has 0 bridgehead atoms. The Morgan fingerprint density at radius 1 is 0.600 bits per heavy atom. The van der Waals surface area contributed by atoms with Crippen molar-refractivity contribution in [3.63, 3.8) is 0 Å². The number of aromatic nitrogens is 1. The topological polar surface area (TPSA) is 12.9 Å². The van der Waals surface area contributed by atoms with E-state index in [4.69, 9.17) is 4.98 Å². The summed E-state index contributed by atoms with van der Waals surface area (Å²) >= 11 is 0. The van der Waals surface area contributed by atoms with Gasteiger partial charge in [0, 0.05) is 24.0 Å². The average Bonchev–Trinajstić information content (AvgIpc) is 3.02. The number of pyridine rings is 1. The number of hydrogen-bond acceptors (Lipinski definition) is 1. The Hall–Kier alpha value is -2.41. The van der Waals surface area contributed by atoms with E-state index in [1.807, 2.05) is 0 Å². The van der Waals surface area contributed by atoms with Gasteiger partial charge in [-0.25, -0.2) is 4.98 Å². The lowest BCUT2D eigenvalue weighted by atomic mass is 10.1. The average molecular weight is 255 g/mol. The minimum Gasteiger partial charge on any atom is -0.247 e. The third-order valence-corrected chi connectivity index (χ3v) is 4.49. The highest BCUT2D eigenvalue weighted by Gasteiger charge is 2.26. The molecule has 0 aliphatic heterocycles. The van der Waals surface area contributed by atoms with Gasteiger partial charge in [0.05, 0.1) is 11.4 Å². The summed E-state index contributed by atoms with van der Waals surface area (Å²) in [5, 5.41) is 0. The van der Waals surface area contributed by atoms with Crippen LogP contribution in [0.1, 0.15) is 22.3 Å². The van der Waals surface area contributed by atoms with Gasteiger partial charge in [0.25, 0.3) is 0 Å². The van der Waals surface area contributed by atoms with E-state index in [0.29, 0.717) is 0 Å². The summed E-state index contributed by atoms with van der Waals surface area (Å²) in [6.07, 6.45) is 2.06. The van der Waals surface area contributed by atoms with Crippen LogP contribution in [0.4, 0.5) is 0 Å². The van der Waals surface area contributed by atoms with Gasteiger partial charge in [-0.3, -0.25) is 0 Å². The van der Waals surface area contributed by atoms with Crippen LogP contribution in [0.3, 0.4) is 0 Å². The molecule has 20 heavy (non-hydrogen) atoms. The maximum atomic E-state index is 5.02. The molecule has 2 aliphatic rings. The van der Waals surface area contributed by atoms with Gasteiger partial charge >= 0.3 is 0 Å². The number of hydrogen-bond donors (Lipinski definition) is 0. The first-order valence-corrected chi connectivity index (χ1v) is 7.09. The van der Waals surface area contributed by atoms with Gasteiger partial charge in [-0.15, -0.1) is 0 Å².